The average Bonchev–Trinajstić information content (AvgIpc) is 3.33. The van der Waals surface area contributed by atoms with Crippen LogP contribution in [0.1, 0.15) is 69.8 Å². The molecule has 1 fully saturated rings. The Morgan fingerprint density at radius 3 is 2.09 bits per heavy atom. The van der Waals surface area contributed by atoms with Crippen LogP contribution in [0.3, 0.4) is 0 Å². The third-order valence-corrected chi connectivity index (χ3v) is 6.58. The molecule has 5 atom stereocenters. The molecule has 1 aliphatic heterocycles. The monoisotopic (exact) mass is 615 g/mol. The maximum absolute atomic E-state index is 12.2. The molecule has 2 heterocycles. The van der Waals surface area contributed by atoms with Gasteiger partial charge in [-0.05, 0) is 29.0 Å². The zero-order chi connectivity index (χ0) is 32.4. The van der Waals surface area contributed by atoms with Crippen molar-refractivity contribution < 1.29 is 47.6 Å². The van der Waals surface area contributed by atoms with Gasteiger partial charge in [-0.25, -0.2) is 0 Å². The number of benzene rings is 1. The smallest absolute Gasteiger partial charge is 0.303 e. The lowest BCUT2D eigenvalue weighted by molar-refractivity contribution is -0.289. The Labute approximate surface area is 254 Å². The van der Waals surface area contributed by atoms with Crippen molar-refractivity contribution in [1.29, 1.82) is 0 Å². The molecule has 3 rings (SSSR count). The third kappa shape index (κ3) is 9.44. The van der Waals surface area contributed by atoms with Gasteiger partial charge < -0.3 is 28.4 Å². The van der Waals surface area contributed by atoms with E-state index in [1.807, 2.05) is 38.1 Å². The summed E-state index contributed by atoms with van der Waals surface area (Å²) in [4.78, 5) is 50.7. The molecule has 0 unspecified atom stereocenters. The standard InChI is InChI=1S/C29H37N5O10/c1-15(2)24-22(13-21-9-7-20(8-10-21)11-12-31-34-30)28(33-32-24)44-29-27(42-19(6)38)26(41-18(5)37)25(40-17(4)36)23(43-29)14-39-16(3)35/h7-10,15,23,25-27,29H,11-14H2,1-6H3,(H,32,33)/t23-,25-,26+,27-,29+/m1/s1. The molecular formula is C29H37N5O10. The van der Waals surface area contributed by atoms with Crippen LogP contribution in [0.25, 0.3) is 10.4 Å². The zero-order valence-corrected chi connectivity index (χ0v) is 25.5. The minimum absolute atomic E-state index is 0.0216. The number of ether oxygens (including phenoxy) is 6. The van der Waals surface area contributed by atoms with Crippen molar-refractivity contribution in [3.8, 4) is 5.88 Å². The lowest BCUT2D eigenvalue weighted by Gasteiger charge is -2.43. The Balaban J connectivity index is 1.99. The van der Waals surface area contributed by atoms with E-state index in [0.717, 1.165) is 37.6 Å². The van der Waals surface area contributed by atoms with Crippen molar-refractivity contribution in [2.45, 2.75) is 91.0 Å². The first-order valence-corrected chi connectivity index (χ1v) is 14.0. The lowest BCUT2D eigenvalue weighted by Crippen LogP contribution is -2.63. The summed E-state index contributed by atoms with van der Waals surface area (Å²) in [5.41, 5.74) is 11.9. The molecule has 1 aromatic heterocycles. The number of hydrogen-bond acceptors (Lipinski definition) is 12. The Morgan fingerprint density at radius 2 is 1.52 bits per heavy atom. The summed E-state index contributed by atoms with van der Waals surface area (Å²) in [6.07, 6.45) is -5.63. The van der Waals surface area contributed by atoms with Crippen molar-refractivity contribution in [2.24, 2.45) is 5.11 Å². The van der Waals surface area contributed by atoms with E-state index >= 15 is 0 Å². The number of rotatable bonds is 13. The van der Waals surface area contributed by atoms with E-state index in [2.05, 4.69) is 20.2 Å². The number of nitrogens with one attached hydrogen (secondary N) is 1. The van der Waals surface area contributed by atoms with Gasteiger partial charge in [0.2, 0.25) is 18.3 Å². The summed E-state index contributed by atoms with van der Waals surface area (Å²) in [6, 6.07) is 7.77. The van der Waals surface area contributed by atoms with Crippen molar-refractivity contribution in [3.63, 3.8) is 0 Å². The van der Waals surface area contributed by atoms with Crippen molar-refractivity contribution in [2.75, 3.05) is 13.2 Å². The molecule has 0 saturated carbocycles. The molecule has 0 aliphatic carbocycles. The quantitative estimate of drug-likeness (QED) is 0.114. The molecule has 0 spiro atoms. The second kappa shape index (κ2) is 15.7. The van der Waals surface area contributed by atoms with Crippen LogP contribution in [0.2, 0.25) is 0 Å². The maximum Gasteiger partial charge on any atom is 0.303 e. The first-order valence-electron chi connectivity index (χ1n) is 14.0. The van der Waals surface area contributed by atoms with Crippen LogP contribution in [0, 0.1) is 0 Å². The molecule has 1 N–H and O–H groups in total. The van der Waals surface area contributed by atoms with Crippen LogP contribution >= 0.6 is 0 Å². The number of aromatic nitrogens is 2. The highest BCUT2D eigenvalue weighted by molar-refractivity contribution is 5.68. The van der Waals surface area contributed by atoms with Gasteiger partial charge in [0.15, 0.2) is 12.2 Å². The van der Waals surface area contributed by atoms with Gasteiger partial charge in [-0.3, -0.25) is 24.3 Å². The lowest BCUT2D eigenvalue weighted by atomic mass is 9.97. The molecular weight excluding hydrogens is 578 g/mol. The van der Waals surface area contributed by atoms with E-state index in [1.54, 1.807) is 0 Å². The maximum atomic E-state index is 12.2. The van der Waals surface area contributed by atoms with Gasteiger partial charge in [-0.15, -0.1) is 5.10 Å². The molecule has 238 valence electrons. The van der Waals surface area contributed by atoms with Gasteiger partial charge in [0.1, 0.15) is 12.7 Å². The first kappa shape index (κ1) is 33.9. The minimum Gasteiger partial charge on any atom is -0.463 e. The Morgan fingerprint density at radius 1 is 0.932 bits per heavy atom. The predicted molar refractivity (Wildman–Crippen MR) is 152 cm³/mol. The summed E-state index contributed by atoms with van der Waals surface area (Å²) in [7, 11) is 0. The highest BCUT2D eigenvalue weighted by Gasteiger charge is 2.53. The summed E-state index contributed by atoms with van der Waals surface area (Å²) < 4.78 is 33.9. The van der Waals surface area contributed by atoms with E-state index in [1.165, 1.54) is 6.92 Å². The van der Waals surface area contributed by atoms with Crippen molar-refractivity contribution >= 4 is 23.9 Å². The molecule has 0 radical (unpaired) electrons. The van der Waals surface area contributed by atoms with Crippen LogP contribution in [-0.4, -0.2) is 77.9 Å². The van der Waals surface area contributed by atoms with Crippen LogP contribution in [0.4, 0.5) is 0 Å². The third-order valence-electron chi connectivity index (χ3n) is 6.58. The minimum atomic E-state index is -1.42. The van der Waals surface area contributed by atoms with Crippen LogP contribution < -0.4 is 4.74 Å². The Bertz CT molecular complexity index is 1370. The van der Waals surface area contributed by atoms with Crippen molar-refractivity contribution in [1.82, 2.24) is 10.2 Å². The predicted octanol–water partition coefficient (Wildman–Crippen LogP) is 3.44. The Kier molecular flexibility index (Phi) is 12.1. The number of carbonyl (C=O) groups excluding carboxylic acids is 4. The van der Waals surface area contributed by atoms with Gasteiger partial charge in [0.25, 0.3) is 0 Å². The summed E-state index contributed by atoms with van der Waals surface area (Å²) >= 11 is 0. The van der Waals surface area contributed by atoms with E-state index in [-0.39, 0.29) is 18.4 Å². The number of azide groups is 1. The highest BCUT2D eigenvalue weighted by atomic mass is 16.7. The first-order chi connectivity index (χ1) is 20.9. The normalized spacial score (nSPS) is 21.1. The molecule has 1 aromatic carbocycles. The fraction of sp³-hybridized carbons (Fsp3) is 0.552. The summed E-state index contributed by atoms with van der Waals surface area (Å²) in [5, 5.41) is 10.9. The van der Waals surface area contributed by atoms with Crippen LogP contribution in [-0.2, 0) is 55.7 Å². The molecule has 0 amide bonds. The molecule has 1 saturated heterocycles. The fourth-order valence-electron chi connectivity index (χ4n) is 4.75. The fourth-order valence-corrected chi connectivity index (χ4v) is 4.75. The molecule has 44 heavy (non-hydrogen) atoms. The molecule has 2 aromatic rings. The van der Waals surface area contributed by atoms with Gasteiger partial charge in [-0.2, -0.15) is 0 Å². The van der Waals surface area contributed by atoms with Gasteiger partial charge >= 0.3 is 23.9 Å². The van der Waals surface area contributed by atoms with Gasteiger partial charge in [0, 0.05) is 56.8 Å². The summed E-state index contributed by atoms with van der Waals surface area (Å²) in [6.45, 7) is 8.57. The number of aromatic amines is 1. The zero-order valence-electron chi connectivity index (χ0n) is 25.5. The van der Waals surface area contributed by atoms with Crippen LogP contribution in [0.5, 0.6) is 5.88 Å². The van der Waals surface area contributed by atoms with E-state index in [0.29, 0.717) is 24.9 Å². The number of nitrogens with zero attached hydrogens (tertiary/aromatic N) is 4. The topological polar surface area (TPSA) is 201 Å². The van der Waals surface area contributed by atoms with E-state index in [9.17, 15) is 19.2 Å². The summed E-state index contributed by atoms with van der Waals surface area (Å²) in [5.74, 6) is -2.68. The van der Waals surface area contributed by atoms with Crippen molar-refractivity contribution in [3.05, 3.63) is 57.1 Å². The van der Waals surface area contributed by atoms with E-state index < -0.39 is 54.6 Å². The van der Waals surface area contributed by atoms with Gasteiger partial charge in [-0.1, -0.05) is 43.2 Å². The number of hydrogen-bond donors (Lipinski definition) is 1. The van der Waals surface area contributed by atoms with Gasteiger partial charge in [0.05, 0.1) is 0 Å². The van der Waals surface area contributed by atoms with E-state index in [4.69, 9.17) is 34.0 Å². The largest absolute Gasteiger partial charge is 0.463 e. The number of H-pyrrole nitrogens is 1. The molecule has 0 bridgehead atoms. The molecule has 1 aliphatic rings. The number of carbonyl (C=O) groups is 4. The average molecular weight is 616 g/mol. The molecule has 15 nitrogen and oxygen atoms in total. The Hall–Kier alpha value is -4.62. The highest BCUT2D eigenvalue weighted by Crippen LogP contribution is 2.34. The second-order valence-electron chi connectivity index (χ2n) is 10.5. The SMILES string of the molecule is CC(=O)OC[C@H]1O[C@@H](Oc2n[nH]c(C(C)C)c2Cc2ccc(CCN=[N+]=[N-])cc2)[C@H](OC(C)=O)[C@@H](OC(C)=O)[C@@H]1OC(C)=O. The number of esters is 4. The molecule has 15 heteroatoms. The second-order valence-corrected chi connectivity index (χ2v) is 10.5. The van der Waals surface area contributed by atoms with Crippen LogP contribution in [0.15, 0.2) is 29.4 Å².